The highest BCUT2D eigenvalue weighted by atomic mass is 19.4. The van der Waals surface area contributed by atoms with Crippen LogP contribution in [0.1, 0.15) is 53.3 Å². The van der Waals surface area contributed by atoms with Crippen LogP contribution >= 0.6 is 0 Å². The minimum absolute atomic E-state index is 0.0293. The smallest absolute Gasteiger partial charge is 0.433 e. The molecule has 0 aliphatic heterocycles. The van der Waals surface area contributed by atoms with Gasteiger partial charge in [-0.1, -0.05) is 18.2 Å². The standard InChI is InChI=1S/C24H26F3N3O2/c1-14-12-19(15(2)32-14)23(31)28-16-8-10-17(11-9-16)30(3)21-13-22(24(25,26)27)29-20-7-5-4-6-18(20)21/h4-7,12-13,16-17H,8-11H2,1-3H3,(H,28,31)/t16-,17+. The summed E-state index contributed by atoms with van der Waals surface area (Å²) in [6.45, 7) is 3.57. The molecule has 1 saturated carbocycles. The lowest BCUT2D eigenvalue weighted by Gasteiger charge is -2.37. The lowest BCUT2D eigenvalue weighted by molar-refractivity contribution is -0.140. The SMILES string of the molecule is Cc1cc(C(=O)N[C@H]2CC[C@@H](N(C)c3cc(C(F)(F)F)nc4ccccc34)CC2)c(C)o1. The first kappa shape index (κ1) is 22.2. The minimum atomic E-state index is -4.51. The number of fused-ring (bicyclic) bond motifs is 1. The third kappa shape index (κ3) is 4.45. The van der Waals surface area contributed by atoms with Crippen molar-refractivity contribution in [3.8, 4) is 0 Å². The van der Waals surface area contributed by atoms with E-state index in [2.05, 4.69) is 10.3 Å². The average Bonchev–Trinajstić information content (AvgIpc) is 3.10. The number of nitrogens with zero attached hydrogens (tertiary/aromatic N) is 2. The van der Waals surface area contributed by atoms with Crippen LogP contribution in [0.4, 0.5) is 18.9 Å². The molecule has 0 unspecified atom stereocenters. The zero-order valence-corrected chi connectivity index (χ0v) is 18.3. The summed E-state index contributed by atoms with van der Waals surface area (Å²) in [4.78, 5) is 18.3. The summed E-state index contributed by atoms with van der Waals surface area (Å²) in [5.74, 6) is 1.14. The third-order valence-electron chi connectivity index (χ3n) is 6.23. The number of benzene rings is 1. The van der Waals surface area contributed by atoms with Crippen molar-refractivity contribution in [1.82, 2.24) is 10.3 Å². The second-order valence-electron chi connectivity index (χ2n) is 8.46. The van der Waals surface area contributed by atoms with Gasteiger partial charge in [0.25, 0.3) is 5.91 Å². The molecule has 1 amide bonds. The fraction of sp³-hybridized carbons (Fsp3) is 0.417. The maximum atomic E-state index is 13.4. The van der Waals surface area contributed by atoms with Crippen molar-refractivity contribution in [2.75, 3.05) is 11.9 Å². The molecule has 2 heterocycles. The molecule has 1 aliphatic rings. The Kier molecular flexibility index (Phi) is 5.88. The summed E-state index contributed by atoms with van der Waals surface area (Å²) in [6, 6.07) is 9.88. The zero-order chi connectivity index (χ0) is 23.0. The summed E-state index contributed by atoms with van der Waals surface area (Å²) >= 11 is 0. The lowest BCUT2D eigenvalue weighted by Crippen LogP contribution is -2.43. The van der Waals surface area contributed by atoms with E-state index in [1.54, 1.807) is 44.2 Å². The number of anilines is 1. The van der Waals surface area contributed by atoms with Crippen molar-refractivity contribution in [2.24, 2.45) is 0 Å². The molecular formula is C24H26F3N3O2. The Morgan fingerprint density at radius 3 is 2.44 bits per heavy atom. The second-order valence-corrected chi connectivity index (χ2v) is 8.46. The van der Waals surface area contributed by atoms with Gasteiger partial charge in [0.05, 0.1) is 11.1 Å². The third-order valence-corrected chi connectivity index (χ3v) is 6.23. The number of hydrogen-bond acceptors (Lipinski definition) is 4. The van der Waals surface area contributed by atoms with Gasteiger partial charge in [0.15, 0.2) is 0 Å². The van der Waals surface area contributed by atoms with Gasteiger partial charge in [-0.2, -0.15) is 13.2 Å². The number of aromatic nitrogens is 1. The molecule has 8 heteroatoms. The molecule has 170 valence electrons. The molecule has 1 aromatic carbocycles. The number of para-hydroxylation sites is 1. The number of pyridine rings is 1. The van der Waals surface area contributed by atoms with E-state index < -0.39 is 11.9 Å². The van der Waals surface area contributed by atoms with Crippen molar-refractivity contribution in [1.29, 1.82) is 0 Å². The number of hydrogen-bond donors (Lipinski definition) is 1. The van der Waals surface area contributed by atoms with Crippen LogP contribution in [-0.4, -0.2) is 30.0 Å². The molecule has 0 bridgehead atoms. The minimum Gasteiger partial charge on any atom is -0.466 e. The number of alkyl halides is 3. The van der Waals surface area contributed by atoms with E-state index in [1.165, 1.54) is 0 Å². The first-order valence-corrected chi connectivity index (χ1v) is 10.7. The number of halogens is 3. The molecule has 0 spiro atoms. The topological polar surface area (TPSA) is 58.4 Å². The predicted molar refractivity (Wildman–Crippen MR) is 117 cm³/mol. The van der Waals surface area contributed by atoms with Crippen molar-refractivity contribution >= 4 is 22.5 Å². The van der Waals surface area contributed by atoms with Gasteiger partial charge in [0.1, 0.15) is 17.2 Å². The maximum Gasteiger partial charge on any atom is 0.433 e. The molecule has 1 N–H and O–H groups in total. The Balaban J connectivity index is 1.48. The second kappa shape index (κ2) is 8.48. The first-order chi connectivity index (χ1) is 15.1. The van der Waals surface area contributed by atoms with Crippen molar-refractivity contribution in [3.05, 3.63) is 59.2 Å². The molecule has 4 rings (SSSR count). The largest absolute Gasteiger partial charge is 0.466 e. The van der Waals surface area contributed by atoms with Gasteiger partial charge in [-0.05, 0) is 57.7 Å². The highest BCUT2D eigenvalue weighted by Crippen LogP contribution is 2.36. The molecule has 32 heavy (non-hydrogen) atoms. The number of carbonyl (C=O) groups is 1. The van der Waals surface area contributed by atoms with Gasteiger partial charge in [-0.15, -0.1) is 0 Å². The number of carbonyl (C=O) groups excluding carboxylic acids is 1. The Labute approximate surface area is 184 Å². The first-order valence-electron chi connectivity index (χ1n) is 10.7. The number of furan rings is 1. The van der Waals surface area contributed by atoms with Crippen LogP contribution in [0.2, 0.25) is 0 Å². The molecule has 0 saturated heterocycles. The fourth-order valence-corrected chi connectivity index (χ4v) is 4.52. The normalized spacial score (nSPS) is 19.2. The Morgan fingerprint density at radius 2 is 1.81 bits per heavy atom. The van der Waals surface area contributed by atoms with Crippen molar-refractivity contribution in [2.45, 2.75) is 57.8 Å². The van der Waals surface area contributed by atoms with Gasteiger partial charge in [-0.3, -0.25) is 4.79 Å². The molecule has 3 aromatic rings. The summed E-state index contributed by atoms with van der Waals surface area (Å²) in [6.07, 6.45) is -1.46. The van der Waals surface area contributed by atoms with Crippen LogP contribution in [0.15, 0.2) is 40.8 Å². The van der Waals surface area contributed by atoms with Crippen LogP contribution in [-0.2, 0) is 6.18 Å². The summed E-state index contributed by atoms with van der Waals surface area (Å²) in [5, 5.41) is 3.77. The molecule has 0 atom stereocenters. The maximum absolute atomic E-state index is 13.4. The number of aryl methyl sites for hydroxylation is 2. The molecule has 0 radical (unpaired) electrons. The Bertz CT molecular complexity index is 1130. The lowest BCUT2D eigenvalue weighted by atomic mass is 9.89. The monoisotopic (exact) mass is 445 g/mol. The number of rotatable bonds is 4. The highest BCUT2D eigenvalue weighted by Gasteiger charge is 2.34. The van der Waals surface area contributed by atoms with Crippen LogP contribution in [0.5, 0.6) is 0 Å². The van der Waals surface area contributed by atoms with Crippen molar-refractivity contribution in [3.63, 3.8) is 0 Å². The fourth-order valence-electron chi connectivity index (χ4n) is 4.52. The van der Waals surface area contributed by atoms with E-state index >= 15 is 0 Å². The number of nitrogens with one attached hydrogen (secondary N) is 1. The molecular weight excluding hydrogens is 419 g/mol. The zero-order valence-electron chi connectivity index (χ0n) is 18.3. The van der Waals surface area contributed by atoms with Crippen molar-refractivity contribution < 1.29 is 22.4 Å². The van der Waals surface area contributed by atoms with E-state index in [4.69, 9.17) is 4.42 Å². The van der Waals surface area contributed by atoms with E-state index in [9.17, 15) is 18.0 Å². The van der Waals surface area contributed by atoms with Crippen LogP contribution in [0.25, 0.3) is 10.9 Å². The van der Waals surface area contributed by atoms with Gasteiger partial charge < -0.3 is 14.6 Å². The summed E-state index contributed by atoms with van der Waals surface area (Å²) in [5.41, 5.74) is 0.519. The summed E-state index contributed by atoms with van der Waals surface area (Å²) in [7, 11) is 1.84. The van der Waals surface area contributed by atoms with Gasteiger partial charge in [0.2, 0.25) is 0 Å². The van der Waals surface area contributed by atoms with Gasteiger partial charge >= 0.3 is 6.18 Å². The average molecular weight is 445 g/mol. The molecule has 5 nitrogen and oxygen atoms in total. The van der Waals surface area contributed by atoms with Crippen LogP contribution < -0.4 is 10.2 Å². The van der Waals surface area contributed by atoms with Gasteiger partial charge in [-0.25, -0.2) is 4.98 Å². The van der Waals surface area contributed by atoms with Crippen LogP contribution in [0.3, 0.4) is 0 Å². The van der Waals surface area contributed by atoms with E-state index in [1.807, 2.05) is 11.9 Å². The molecule has 1 fully saturated rings. The van der Waals surface area contributed by atoms with E-state index in [0.29, 0.717) is 33.7 Å². The van der Waals surface area contributed by atoms with Crippen LogP contribution in [0, 0.1) is 13.8 Å². The quantitative estimate of drug-likeness (QED) is 0.565. The predicted octanol–water partition coefficient (Wildman–Crippen LogP) is 5.64. The van der Waals surface area contributed by atoms with Gasteiger partial charge in [0, 0.05) is 30.2 Å². The molecule has 1 aliphatic carbocycles. The van der Waals surface area contributed by atoms with E-state index in [0.717, 1.165) is 31.7 Å². The Hall–Kier alpha value is -3.03. The Morgan fingerprint density at radius 1 is 1.12 bits per heavy atom. The summed E-state index contributed by atoms with van der Waals surface area (Å²) < 4.78 is 45.7. The molecule has 2 aromatic heterocycles. The number of amides is 1. The van der Waals surface area contributed by atoms with E-state index in [-0.39, 0.29) is 18.0 Å². The highest BCUT2D eigenvalue weighted by molar-refractivity contribution is 5.95.